The summed E-state index contributed by atoms with van der Waals surface area (Å²) in [7, 11) is 0. The molecule has 2 fully saturated rings. The summed E-state index contributed by atoms with van der Waals surface area (Å²) in [4.78, 5) is 5.34. The van der Waals surface area contributed by atoms with E-state index >= 15 is 0 Å². The standard InChI is InChI=1S/C12H25N3/c13-6-2-4-7-14-9-10-15-8-3-1-5-12(15)11-14/h12H,1-11,13H2. The number of hydrogen-bond donors (Lipinski definition) is 1. The van der Waals surface area contributed by atoms with Crippen LogP contribution in [0.4, 0.5) is 0 Å². The first-order valence-electron chi connectivity index (χ1n) is 6.56. The minimum absolute atomic E-state index is 0.851. The van der Waals surface area contributed by atoms with Gasteiger partial charge in [0.25, 0.3) is 0 Å². The molecule has 1 unspecified atom stereocenters. The van der Waals surface area contributed by atoms with Crippen LogP contribution in [0.1, 0.15) is 32.1 Å². The number of nitrogens with zero attached hydrogens (tertiary/aromatic N) is 2. The first-order chi connectivity index (χ1) is 7.40. The minimum Gasteiger partial charge on any atom is -0.330 e. The Morgan fingerprint density at radius 1 is 1.07 bits per heavy atom. The second kappa shape index (κ2) is 5.83. The second-order valence-electron chi connectivity index (χ2n) is 4.98. The fourth-order valence-corrected chi connectivity index (χ4v) is 2.90. The van der Waals surface area contributed by atoms with Crippen molar-refractivity contribution >= 4 is 0 Å². The third-order valence-electron chi connectivity index (χ3n) is 3.85. The van der Waals surface area contributed by atoms with E-state index in [1.807, 2.05) is 0 Å². The molecule has 88 valence electrons. The van der Waals surface area contributed by atoms with Gasteiger partial charge in [-0.15, -0.1) is 0 Å². The van der Waals surface area contributed by atoms with Crippen LogP contribution in [0.25, 0.3) is 0 Å². The lowest BCUT2D eigenvalue weighted by Gasteiger charge is -2.44. The average Bonchev–Trinajstić information content (AvgIpc) is 2.29. The molecule has 0 spiro atoms. The Bertz CT molecular complexity index is 182. The monoisotopic (exact) mass is 211 g/mol. The highest BCUT2D eigenvalue weighted by atomic mass is 15.3. The van der Waals surface area contributed by atoms with Crippen molar-refractivity contribution in [3.63, 3.8) is 0 Å². The molecule has 0 bridgehead atoms. The highest BCUT2D eigenvalue weighted by Gasteiger charge is 2.28. The Morgan fingerprint density at radius 2 is 2.00 bits per heavy atom. The topological polar surface area (TPSA) is 32.5 Å². The van der Waals surface area contributed by atoms with Gasteiger partial charge in [-0.1, -0.05) is 6.42 Å². The van der Waals surface area contributed by atoms with E-state index in [1.165, 1.54) is 64.8 Å². The maximum absolute atomic E-state index is 5.52. The van der Waals surface area contributed by atoms with E-state index < -0.39 is 0 Å². The second-order valence-corrected chi connectivity index (χ2v) is 4.98. The van der Waals surface area contributed by atoms with Crippen molar-refractivity contribution in [3.05, 3.63) is 0 Å². The molecule has 2 aliphatic rings. The SMILES string of the molecule is NCCCCN1CCN2CCCCC2C1. The van der Waals surface area contributed by atoms with Crippen molar-refractivity contribution in [2.24, 2.45) is 5.73 Å². The number of piperidine rings is 1. The molecule has 15 heavy (non-hydrogen) atoms. The van der Waals surface area contributed by atoms with Gasteiger partial charge in [-0.3, -0.25) is 4.90 Å². The Hall–Kier alpha value is -0.120. The fourth-order valence-electron chi connectivity index (χ4n) is 2.90. The molecule has 0 aromatic carbocycles. The van der Waals surface area contributed by atoms with E-state index in [0.29, 0.717) is 0 Å². The van der Waals surface area contributed by atoms with E-state index in [9.17, 15) is 0 Å². The van der Waals surface area contributed by atoms with Gasteiger partial charge >= 0.3 is 0 Å². The number of nitrogens with two attached hydrogens (primary N) is 1. The van der Waals surface area contributed by atoms with E-state index in [-0.39, 0.29) is 0 Å². The summed E-state index contributed by atoms with van der Waals surface area (Å²) in [5.41, 5.74) is 5.52. The van der Waals surface area contributed by atoms with Crippen LogP contribution in [0.15, 0.2) is 0 Å². The maximum Gasteiger partial charge on any atom is 0.0223 e. The number of fused-ring (bicyclic) bond motifs is 1. The lowest BCUT2D eigenvalue weighted by molar-refractivity contribution is 0.0488. The van der Waals surface area contributed by atoms with Crippen LogP contribution in [0.5, 0.6) is 0 Å². The zero-order valence-electron chi connectivity index (χ0n) is 9.83. The molecule has 2 rings (SSSR count). The molecule has 0 saturated carbocycles. The normalized spacial score (nSPS) is 29.0. The summed E-state index contributed by atoms with van der Waals surface area (Å²) in [5, 5.41) is 0. The Kier molecular flexibility index (Phi) is 4.42. The summed E-state index contributed by atoms with van der Waals surface area (Å²) in [5.74, 6) is 0. The summed E-state index contributed by atoms with van der Waals surface area (Å²) in [6, 6.07) is 0.866. The van der Waals surface area contributed by atoms with E-state index in [0.717, 1.165) is 12.6 Å². The van der Waals surface area contributed by atoms with Gasteiger partial charge in [0, 0.05) is 25.7 Å². The Morgan fingerprint density at radius 3 is 2.87 bits per heavy atom. The third kappa shape index (κ3) is 3.16. The van der Waals surface area contributed by atoms with Crippen molar-refractivity contribution in [1.82, 2.24) is 9.80 Å². The molecule has 0 amide bonds. The van der Waals surface area contributed by atoms with Gasteiger partial charge in [0.2, 0.25) is 0 Å². The lowest BCUT2D eigenvalue weighted by Crippen LogP contribution is -2.54. The molecular formula is C12H25N3. The molecule has 2 saturated heterocycles. The smallest absolute Gasteiger partial charge is 0.0223 e. The van der Waals surface area contributed by atoms with E-state index in [1.54, 1.807) is 0 Å². The molecule has 0 aliphatic carbocycles. The molecule has 2 N–H and O–H groups in total. The van der Waals surface area contributed by atoms with Gasteiger partial charge in [-0.05, 0) is 45.3 Å². The summed E-state index contributed by atoms with van der Waals surface area (Å²) < 4.78 is 0. The first kappa shape index (κ1) is 11.4. The van der Waals surface area contributed by atoms with Crippen LogP contribution in [0, 0.1) is 0 Å². The molecule has 0 aromatic rings. The van der Waals surface area contributed by atoms with Gasteiger partial charge in [-0.25, -0.2) is 0 Å². The van der Waals surface area contributed by atoms with E-state index in [2.05, 4.69) is 9.80 Å². The first-order valence-corrected chi connectivity index (χ1v) is 6.56. The van der Waals surface area contributed by atoms with Crippen molar-refractivity contribution in [1.29, 1.82) is 0 Å². The maximum atomic E-state index is 5.52. The van der Waals surface area contributed by atoms with E-state index in [4.69, 9.17) is 5.73 Å². The molecule has 2 heterocycles. The van der Waals surface area contributed by atoms with Crippen molar-refractivity contribution in [2.45, 2.75) is 38.1 Å². The number of unbranched alkanes of at least 4 members (excludes halogenated alkanes) is 1. The molecule has 2 aliphatic heterocycles. The Labute approximate surface area is 93.6 Å². The van der Waals surface area contributed by atoms with Crippen LogP contribution < -0.4 is 5.73 Å². The largest absolute Gasteiger partial charge is 0.330 e. The van der Waals surface area contributed by atoms with Crippen LogP contribution >= 0.6 is 0 Å². The molecule has 0 radical (unpaired) electrons. The Balaban J connectivity index is 1.71. The predicted octanol–water partition coefficient (Wildman–Crippen LogP) is 0.895. The molecule has 3 heteroatoms. The lowest BCUT2D eigenvalue weighted by atomic mass is 9.99. The molecule has 1 atom stereocenters. The number of piperazine rings is 1. The van der Waals surface area contributed by atoms with Crippen molar-refractivity contribution < 1.29 is 0 Å². The zero-order valence-corrected chi connectivity index (χ0v) is 9.83. The minimum atomic E-state index is 0.851. The van der Waals surface area contributed by atoms with Gasteiger partial charge in [0.1, 0.15) is 0 Å². The summed E-state index contributed by atoms with van der Waals surface area (Å²) in [6.45, 7) is 7.35. The highest BCUT2D eigenvalue weighted by Crippen LogP contribution is 2.20. The molecule has 3 nitrogen and oxygen atoms in total. The van der Waals surface area contributed by atoms with Crippen LogP contribution in [0.2, 0.25) is 0 Å². The van der Waals surface area contributed by atoms with Gasteiger partial charge in [0.05, 0.1) is 0 Å². The summed E-state index contributed by atoms with van der Waals surface area (Å²) in [6.07, 6.45) is 6.75. The fraction of sp³-hybridized carbons (Fsp3) is 1.00. The van der Waals surface area contributed by atoms with Crippen LogP contribution in [-0.4, -0.2) is 55.1 Å². The van der Waals surface area contributed by atoms with Crippen molar-refractivity contribution in [2.75, 3.05) is 39.3 Å². The molecular weight excluding hydrogens is 186 g/mol. The van der Waals surface area contributed by atoms with Gasteiger partial charge < -0.3 is 10.6 Å². The average molecular weight is 211 g/mol. The zero-order chi connectivity index (χ0) is 10.5. The van der Waals surface area contributed by atoms with Gasteiger partial charge in [0.15, 0.2) is 0 Å². The number of rotatable bonds is 4. The van der Waals surface area contributed by atoms with Crippen LogP contribution in [-0.2, 0) is 0 Å². The van der Waals surface area contributed by atoms with Crippen molar-refractivity contribution in [3.8, 4) is 0 Å². The third-order valence-corrected chi connectivity index (χ3v) is 3.85. The quantitative estimate of drug-likeness (QED) is 0.701. The predicted molar refractivity (Wildman–Crippen MR) is 63.9 cm³/mol. The summed E-state index contributed by atoms with van der Waals surface area (Å²) >= 11 is 0. The van der Waals surface area contributed by atoms with Gasteiger partial charge in [-0.2, -0.15) is 0 Å². The molecule has 0 aromatic heterocycles. The van der Waals surface area contributed by atoms with Crippen LogP contribution in [0.3, 0.4) is 0 Å². The highest BCUT2D eigenvalue weighted by molar-refractivity contribution is 4.84. The number of hydrogen-bond acceptors (Lipinski definition) is 3.